The number of nitrogens with two attached hydrogens (primary N) is 1. The predicted molar refractivity (Wildman–Crippen MR) is 99.1 cm³/mol. The van der Waals surface area contributed by atoms with Crippen LogP contribution in [-0.2, 0) is 4.79 Å². The third-order valence-electron chi connectivity index (χ3n) is 4.23. The highest BCUT2D eigenvalue weighted by Gasteiger charge is 2.21. The van der Waals surface area contributed by atoms with E-state index >= 15 is 0 Å². The summed E-state index contributed by atoms with van der Waals surface area (Å²) in [5.41, 5.74) is 5.45. The summed E-state index contributed by atoms with van der Waals surface area (Å²) in [5, 5.41) is 3.11. The van der Waals surface area contributed by atoms with E-state index in [1.807, 2.05) is 0 Å². The quantitative estimate of drug-likeness (QED) is 0.625. The van der Waals surface area contributed by atoms with Crippen molar-refractivity contribution in [3.63, 3.8) is 0 Å². The highest BCUT2D eigenvalue weighted by molar-refractivity contribution is 5.85. The van der Waals surface area contributed by atoms with Crippen LogP contribution >= 0.6 is 24.8 Å². The Hall–Kier alpha value is -0.0300. The number of hydrogen-bond acceptors (Lipinski definition) is 3. The largest absolute Gasteiger partial charge is 0.356 e. The molecule has 0 aromatic rings. The van der Waals surface area contributed by atoms with E-state index < -0.39 is 0 Å². The molecule has 1 aliphatic rings. The minimum Gasteiger partial charge on any atom is -0.356 e. The molecular weight excluding hydrogens is 321 g/mol. The van der Waals surface area contributed by atoms with Gasteiger partial charge < -0.3 is 16.0 Å². The van der Waals surface area contributed by atoms with Crippen LogP contribution < -0.4 is 11.1 Å². The topological polar surface area (TPSA) is 58.4 Å². The highest BCUT2D eigenvalue weighted by Crippen LogP contribution is 2.17. The van der Waals surface area contributed by atoms with Crippen LogP contribution in [0.4, 0.5) is 0 Å². The zero-order valence-electron chi connectivity index (χ0n) is 14.2. The number of unbranched alkanes of at least 4 members (excludes halogenated alkanes) is 3. The Morgan fingerprint density at radius 2 is 1.91 bits per heavy atom. The molecule has 1 saturated heterocycles. The molecule has 1 atom stereocenters. The molecule has 0 aromatic heterocycles. The molecule has 0 aromatic carbocycles. The summed E-state index contributed by atoms with van der Waals surface area (Å²) in [4.78, 5) is 14.3. The van der Waals surface area contributed by atoms with Crippen molar-refractivity contribution in [1.82, 2.24) is 10.2 Å². The summed E-state index contributed by atoms with van der Waals surface area (Å²) >= 11 is 0. The Morgan fingerprint density at radius 3 is 2.55 bits per heavy atom. The molecule has 1 heterocycles. The van der Waals surface area contributed by atoms with Gasteiger partial charge in [0, 0.05) is 25.6 Å². The molecule has 0 bridgehead atoms. The van der Waals surface area contributed by atoms with E-state index in [2.05, 4.69) is 24.1 Å². The van der Waals surface area contributed by atoms with Gasteiger partial charge in [-0.25, -0.2) is 0 Å². The Morgan fingerprint density at radius 1 is 1.23 bits per heavy atom. The normalized spacial score (nSPS) is 18.5. The smallest absolute Gasteiger partial charge is 0.220 e. The van der Waals surface area contributed by atoms with Crippen LogP contribution in [0.5, 0.6) is 0 Å². The maximum Gasteiger partial charge on any atom is 0.220 e. The lowest BCUT2D eigenvalue weighted by Gasteiger charge is -2.35. The molecule has 0 spiro atoms. The maximum atomic E-state index is 11.8. The van der Waals surface area contributed by atoms with Crippen molar-refractivity contribution in [3.05, 3.63) is 0 Å². The van der Waals surface area contributed by atoms with Gasteiger partial charge in [-0.3, -0.25) is 4.79 Å². The second-order valence-electron chi connectivity index (χ2n) is 6.35. The fourth-order valence-corrected chi connectivity index (χ4v) is 2.86. The van der Waals surface area contributed by atoms with Gasteiger partial charge in [0.25, 0.3) is 0 Å². The second-order valence-corrected chi connectivity index (χ2v) is 6.35. The average molecular weight is 356 g/mol. The molecule has 4 nitrogen and oxygen atoms in total. The number of carbonyl (C=O) groups excluding carboxylic acids is 1. The molecule has 1 rings (SSSR count). The van der Waals surface area contributed by atoms with Gasteiger partial charge in [0.1, 0.15) is 0 Å². The van der Waals surface area contributed by atoms with E-state index in [0.29, 0.717) is 18.4 Å². The van der Waals surface area contributed by atoms with Crippen molar-refractivity contribution < 1.29 is 4.79 Å². The van der Waals surface area contributed by atoms with Crippen molar-refractivity contribution in [2.45, 2.75) is 64.8 Å². The summed E-state index contributed by atoms with van der Waals surface area (Å²) in [6.45, 7) is 8.47. The number of carbonyl (C=O) groups is 1. The zero-order valence-corrected chi connectivity index (χ0v) is 15.8. The number of piperidine rings is 1. The third kappa shape index (κ3) is 10.7. The molecule has 0 radical (unpaired) electrons. The predicted octanol–water partition coefficient (Wildman–Crippen LogP) is 2.98. The summed E-state index contributed by atoms with van der Waals surface area (Å²) in [5.74, 6) is 0.853. The van der Waals surface area contributed by atoms with Gasteiger partial charge in [0.05, 0.1) is 0 Å². The number of likely N-dealkylation sites (tertiary alicyclic amines) is 1. The molecule has 1 amide bonds. The second kappa shape index (κ2) is 14.6. The highest BCUT2D eigenvalue weighted by atomic mass is 35.5. The summed E-state index contributed by atoms with van der Waals surface area (Å²) in [7, 11) is 0. The van der Waals surface area contributed by atoms with Gasteiger partial charge in [-0.2, -0.15) is 0 Å². The first-order valence-electron chi connectivity index (χ1n) is 8.34. The number of nitrogens with zero attached hydrogens (tertiary/aromatic N) is 1. The number of rotatable bonds is 9. The van der Waals surface area contributed by atoms with Crippen LogP contribution in [-0.4, -0.2) is 43.0 Å². The number of nitrogens with one attached hydrogen (secondary N) is 1. The molecule has 22 heavy (non-hydrogen) atoms. The van der Waals surface area contributed by atoms with E-state index in [-0.39, 0.29) is 30.7 Å². The van der Waals surface area contributed by atoms with Gasteiger partial charge in [0.2, 0.25) is 5.91 Å². The fourth-order valence-electron chi connectivity index (χ4n) is 2.86. The van der Waals surface area contributed by atoms with Crippen LogP contribution in [0.15, 0.2) is 0 Å². The SMILES string of the molecule is CC(C)N1CCCC(CNC(=O)CCCCCCN)C1.Cl.Cl. The molecule has 134 valence electrons. The molecular formula is C16H35Cl2N3O. The molecule has 6 heteroatoms. The van der Waals surface area contributed by atoms with E-state index in [1.54, 1.807) is 0 Å². The maximum absolute atomic E-state index is 11.8. The Kier molecular flexibility index (Phi) is 16.0. The number of hydrogen-bond donors (Lipinski definition) is 2. The lowest BCUT2D eigenvalue weighted by Crippen LogP contribution is -2.43. The molecule has 3 N–H and O–H groups in total. The summed E-state index contributed by atoms with van der Waals surface area (Å²) in [6, 6.07) is 0.621. The molecule has 0 aliphatic carbocycles. The van der Waals surface area contributed by atoms with Gasteiger partial charge >= 0.3 is 0 Å². The van der Waals surface area contributed by atoms with E-state index in [1.165, 1.54) is 19.4 Å². The number of halogens is 2. The van der Waals surface area contributed by atoms with Gasteiger partial charge in [-0.05, 0) is 58.5 Å². The Bertz CT molecular complexity index is 278. The van der Waals surface area contributed by atoms with Crippen molar-refractivity contribution in [3.8, 4) is 0 Å². The van der Waals surface area contributed by atoms with E-state index in [0.717, 1.165) is 45.3 Å². The van der Waals surface area contributed by atoms with Gasteiger partial charge in [0.15, 0.2) is 0 Å². The van der Waals surface area contributed by atoms with Gasteiger partial charge in [-0.1, -0.05) is 12.8 Å². The van der Waals surface area contributed by atoms with Gasteiger partial charge in [-0.15, -0.1) is 24.8 Å². The standard InChI is InChI=1S/C16H33N3O.2ClH/c1-14(2)19-11-7-8-15(13-19)12-18-16(20)9-5-3-4-6-10-17;;/h14-15H,3-13,17H2,1-2H3,(H,18,20);2*1H. The van der Waals surface area contributed by atoms with Crippen LogP contribution in [0, 0.1) is 5.92 Å². The first kappa shape index (κ1) is 24.2. The first-order valence-corrected chi connectivity index (χ1v) is 8.34. The summed E-state index contributed by atoms with van der Waals surface area (Å²) in [6.07, 6.45) is 7.53. The first-order chi connectivity index (χ1) is 9.63. The monoisotopic (exact) mass is 355 g/mol. The van der Waals surface area contributed by atoms with Crippen molar-refractivity contribution in [2.75, 3.05) is 26.2 Å². The molecule has 1 unspecified atom stereocenters. The van der Waals surface area contributed by atoms with Crippen molar-refractivity contribution in [2.24, 2.45) is 11.7 Å². The van der Waals surface area contributed by atoms with E-state index in [4.69, 9.17) is 5.73 Å². The van der Waals surface area contributed by atoms with Crippen LogP contribution in [0.2, 0.25) is 0 Å². The fraction of sp³-hybridized carbons (Fsp3) is 0.938. The Balaban J connectivity index is 0. The lowest BCUT2D eigenvalue weighted by molar-refractivity contribution is -0.121. The molecule has 0 saturated carbocycles. The third-order valence-corrected chi connectivity index (χ3v) is 4.23. The zero-order chi connectivity index (χ0) is 14.8. The molecule has 1 aliphatic heterocycles. The Labute approximate surface area is 148 Å². The van der Waals surface area contributed by atoms with Crippen molar-refractivity contribution in [1.29, 1.82) is 0 Å². The van der Waals surface area contributed by atoms with E-state index in [9.17, 15) is 4.79 Å². The van der Waals surface area contributed by atoms with Crippen LogP contribution in [0.3, 0.4) is 0 Å². The summed E-state index contributed by atoms with van der Waals surface area (Å²) < 4.78 is 0. The lowest BCUT2D eigenvalue weighted by atomic mass is 9.97. The average Bonchev–Trinajstić information content (AvgIpc) is 2.45. The number of amides is 1. The van der Waals surface area contributed by atoms with Crippen LogP contribution in [0.1, 0.15) is 58.8 Å². The van der Waals surface area contributed by atoms with Crippen LogP contribution in [0.25, 0.3) is 0 Å². The van der Waals surface area contributed by atoms with Crippen molar-refractivity contribution >= 4 is 30.7 Å². The minimum absolute atomic E-state index is 0. The minimum atomic E-state index is 0. The molecule has 1 fully saturated rings.